The Labute approximate surface area is 192 Å². The summed E-state index contributed by atoms with van der Waals surface area (Å²) in [6.45, 7) is 5.14. The van der Waals surface area contributed by atoms with Crippen molar-refractivity contribution in [1.29, 1.82) is 5.26 Å². The number of hydrogen-bond acceptors (Lipinski definition) is 7. The first-order chi connectivity index (χ1) is 16.1. The van der Waals surface area contributed by atoms with Crippen molar-refractivity contribution in [3.63, 3.8) is 0 Å². The average Bonchev–Trinajstić information content (AvgIpc) is 3.26. The molecule has 0 fully saturated rings. The normalized spacial score (nSPS) is 14.8. The maximum atomic E-state index is 9.91. The second-order valence-corrected chi connectivity index (χ2v) is 7.46. The van der Waals surface area contributed by atoms with E-state index in [2.05, 4.69) is 23.2 Å². The summed E-state index contributed by atoms with van der Waals surface area (Å²) in [6.07, 6.45) is 0.923. The molecule has 0 amide bonds. The number of nitrogens with two attached hydrogens (primary N) is 1. The minimum absolute atomic E-state index is 0.0450. The van der Waals surface area contributed by atoms with Gasteiger partial charge in [-0.3, -0.25) is 5.10 Å². The van der Waals surface area contributed by atoms with Gasteiger partial charge in [-0.1, -0.05) is 19.1 Å². The first kappa shape index (κ1) is 22.1. The smallest absolute Gasteiger partial charge is 0.244 e. The van der Waals surface area contributed by atoms with E-state index < -0.39 is 5.92 Å². The zero-order valence-electron chi connectivity index (χ0n) is 18.8. The predicted octanol–water partition coefficient (Wildman–Crippen LogP) is 4.49. The molecule has 0 aliphatic carbocycles. The van der Waals surface area contributed by atoms with Crippen LogP contribution in [0.5, 0.6) is 23.1 Å². The fourth-order valence-electron chi connectivity index (χ4n) is 3.87. The molecule has 3 N–H and O–H groups in total. The van der Waals surface area contributed by atoms with Crippen LogP contribution >= 0.6 is 0 Å². The Morgan fingerprint density at radius 3 is 2.58 bits per heavy atom. The van der Waals surface area contributed by atoms with Gasteiger partial charge in [0.1, 0.15) is 17.4 Å². The Kier molecular flexibility index (Phi) is 6.41. The summed E-state index contributed by atoms with van der Waals surface area (Å²) >= 11 is 0. The lowest BCUT2D eigenvalue weighted by molar-refractivity contribution is 0.311. The van der Waals surface area contributed by atoms with Crippen LogP contribution < -0.4 is 24.7 Å². The zero-order valence-corrected chi connectivity index (χ0v) is 18.8. The molecule has 0 radical (unpaired) electrons. The fourth-order valence-corrected chi connectivity index (χ4v) is 3.87. The largest absolute Gasteiger partial charge is 0.494 e. The second-order valence-electron chi connectivity index (χ2n) is 7.46. The van der Waals surface area contributed by atoms with Crippen LogP contribution in [0, 0.1) is 11.3 Å². The van der Waals surface area contributed by atoms with E-state index in [-0.39, 0.29) is 5.88 Å². The Morgan fingerprint density at radius 2 is 1.91 bits per heavy atom. The van der Waals surface area contributed by atoms with Gasteiger partial charge in [0, 0.05) is 5.56 Å². The molecule has 0 unspecified atom stereocenters. The molecular weight excluding hydrogens is 420 g/mol. The zero-order chi connectivity index (χ0) is 23.4. The van der Waals surface area contributed by atoms with Gasteiger partial charge in [0.15, 0.2) is 11.5 Å². The lowest BCUT2D eigenvalue weighted by atomic mass is 9.83. The van der Waals surface area contributed by atoms with Gasteiger partial charge in [-0.2, -0.15) is 5.26 Å². The summed E-state index contributed by atoms with van der Waals surface area (Å²) in [5.74, 6) is 1.94. The third-order valence-electron chi connectivity index (χ3n) is 5.38. The van der Waals surface area contributed by atoms with Gasteiger partial charge in [-0.25, -0.2) is 0 Å². The number of aromatic amines is 1. The lowest BCUT2D eigenvalue weighted by Crippen LogP contribution is -2.21. The van der Waals surface area contributed by atoms with Crippen molar-refractivity contribution in [2.24, 2.45) is 5.73 Å². The maximum absolute atomic E-state index is 9.91. The van der Waals surface area contributed by atoms with E-state index >= 15 is 0 Å². The SMILES string of the molecule is CCCOc1ccc([C@@H]2C(C#N)=C(N)Oc3n[nH]c(-c4ccc(OCC)c(OC)c4)c32)cc1. The van der Waals surface area contributed by atoms with Crippen molar-refractivity contribution in [2.45, 2.75) is 26.2 Å². The molecule has 8 nitrogen and oxygen atoms in total. The second kappa shape index (κ2) is 9.57. The molecule has 0 saturated carbocycles. The van der Waals surface area contributed by atoms with Crippen LogP contribution in [-0.2, 0) is 0 Å². The van der Waals surface area contributed by atoms with Crippen molar-refractivity contribution in [3.8, 4) is 40.5 Å². The standard InChI is InChI=1S/C25H26N4O4/c1-4-12-32-17-9-6-15(7-10-17)21-18(14-26)24(27)33-25-22(21)23(28-29-25)16-8-11-19(31-5-2)20(13-16)30-3/h6-11,13,21H,4-5,12,27H2,1-3H3,(H,28,29)/t21-/m1/s1. The number of fused-ring (bicyclic) bond motifs is 1. The molecule has 170 valence electrons. The monoisotopic (exact) mass is 446 g/mol. The summed E-state index contributed by atoms with van der Waals surface area (Å²) in [5.41, 5.74) is 9.56. The van der Waals surface area contributed by atoms with Crippen LogP contribution in [0.25, 0.3) is 11.3 Å². The van der Waals surface area contributed by atoms with Crippen LogP contribution in [0.2, 0.25) is 0 Å². The molecule has 4 rings (SSSR count). The van der Waals surface area contributed by atoms with Crippen molar-refractivity contribution >= 4 is 0 Å². The lowest BCUT2D eigenvalue weighted by Gasteiger charge is -2.24. The van der Waals surface area contributed by atoms with Crippen molar-refractivity contribution in [1.82, 2.24) is 10.2 Å². The van der Waals surface area contributed by atoms with Crippen LogP contribution in [0.4, 0.5) is 0 Å². The number of benzene rings is 2. The Balaban J connectivity index is 1.81. The first-order valence-electron chi connectivity index (χ1n) is 10.8. The molecule has 1 aliphatic heterocycles. The van der Waals surface area contributed by atoms with Gasteiger partial charge < -0.3 is 24.7 Å². The number of ether oxygens (including phenoxy) is 4. The van der Waals surface area contributed by atoms with E-state index in [0.717, 1.165) is 28.9 Å². The molecule has 8 heteroatoms. The molecule has 0 spiro atoms. The summed E-state index contributed by atoms with van der Waals surface area (Å²) in [6, 6.07) is 15.5. The number of rotatable bonds is 8. The Hall–Kier alpha value is -4.12. The Morgan fingerprint density at radius 1 is 1.12 bits per heavy atom. The van der Waals surface area contributed by atoms with E-state index in [4.69, 9.17) is 24.7 Å². The van der Waals surface area contributed by atoms with Gasteiger partial charge in [0.2, 0.25) is 11.8 Å². The van der Waals surface area contributed by atoms with E-state index in [0.29, 0.717) is 41.9 Å². The number of aromatic nitrogens is 2. The predicted molar refractivity (Wildman–Crippen MR) is 123 cm³/mol. The molecule has 33 heavy (non-hydrogen) atoms. The highest BCUT2D eigenvalue weighted by Crippen LogP contribution is 2.46. The quantitative estimate of drug-likeness (QED) is 0.524. The number of methoxy groups -OCH3 is 1. The van der Waals surface area contributed by atoms with Crippen LogP contribution in [0.1, 0.15) is 37.3 Å². The molecule has 1 atom stereocenters. The number of hydrogen-bond donors (Lipinski definition) is 2. The number of nitrogens with one attached hydrogen (secondary N) is 1. The number of nitriles is 1. The van der Waals surface area contributed by atoms with E-state index in [1.165, 1.54) is 0 Å². The molecule has 0 bridgehead atoms. The van der Waals surface area contributed by atoms with Crippen molar-refractivity contribution < 1.29 is 18.9 Å². The van der Waals surface area contributed by atoms with Crippen LogP contribution in [0.15, 0.2) is 53.9 Å². The van der Waals surface area contributed by atoms with Gasteiger partial charge in [0.05, 0.1) is 37.5 Å². The van der Waals surface area contributed by atoms with Crippen molar-refractivity contribution in [3.05, 3.63) is 65.0 Å². The van der Waals surface area contributed by atoms with Crippen LogP contribution in [-0.4, -0.2) is 30.5 Å². The summed E-state index contributed by atoms with van der Waals surface area (Å²) in [7, 11) is 1.59. The fraction of sp³-hybridized carbons (Fsp3) is 0.280. The average molecular weight is 447 g/mol. The highest BCUT2D eigenvalue weighted by molar-refractivity contribution is 5.73. The molecule has 3 aromatic rings. The summed E-state index contributed by atoms with van der Waals surface area (Å²) < 4.78 is 22.5. The highest BCUT2D eigenvalue weighted by Gasteiger charge is 2.35. The topological polar surface area (TPSA) is 115 Å². The minimum atomic E-state index is -0.453. The van der Waals surface area contributed by atoms with E-state index in [1.807, 2.05) is 49.4 Å². The summed E-state index contributed by atoms with van der Waals surface area (Å²) in [4.78, 5) is 0. The summed E-state index contributed by atoms with van der Waals surface area (Å²) in [5, 5.41) is 17.3. The molecular formula is C25H26N4O4. The van der Waals surface area contributed by atoms with E-state index in [1.54, 1.807) is 7.11 Å². The minimum Gasteiger partial charge on any atom is -0.494 e. The molecule has 0 saturated heterocycles. The molecule has 2 heterocycles. The van der Waals surface area contributed by atoms with Crippen molar-refractivity contribution in [2.75, 3.05) is 20.3 Å². The number of H-pyrrole nitrogens is 1. The Bertz CT molecular complexity index is 1210. The molecule has 2 aromatic carbocycles. The third-order valence-corrected chi connectivity index (χ3v) is 5.38. The molecule has 1 aromatic heterocycles. The third kappa shape index (κ3) is 4.17. The number of allylic oxidation sites excluding steroid dienone is 1. The van der Waals surface area contributed by atoms with Gasteiger partial charge in [0.25, 0.3) is 0 Å². The molecule has 1 aliphatic rings. The van der Waals surface area contributed by atoms with Gasteiger partial charge in [-0.15, -0.1) is 5.10 Å². The highest BCUT2D eigenvalue weighted by atomic mass is 16.5. The van der Waals surface area contributed by atoms with Gasteiger partial charge >= 0.3 is 0 Å². The van der Waals surface area contributed by atoms with Gasteiger partial charge in [-0.05, 0) is 49.2 Å². The van der Waals surface area contributed by atoms with Crippen LogP contribution in [0.3, 0.4) is 0 Å². The number of nitrogens with zero attached hydrogens (tertiary/aromatic N) is 2. The van der Waals surface area contributed by atoms with E-state index in [9.17, 15) is 5.26 Å². The maximum Gasteiger partial charge on any atom is 0.244 e. The first-order valence-corrected chi connectivity index (χ1v) is 10.8.